The monoisotopic (exact) mass is 712 g/mol. The third-order valence-electron chi connectivity index (χ3n) is 7.87. The van der Waals surface area contributed by atoms with Gasteiger partial charge in [-0.1, -0.05) is 67.1 Å². The highest BCUT2D eigenvalue weighted by molar-refractivity contribution is 14.1. The topological polar surface area (TPSA) is 62.7 Å². The van der Waals surface area contributed by atoms with Gasteiger partial charge in [0.25, 0.3) is 0 Å². The molecule has 1 aliphatic heterocycles. The van der Waals surface area contributed by atoms with Crippen LogP contribution in [0, 0.1) is 10.5 Å². The summed E-state index contributed by atoms with van der Waals surface area (Å²) in [5.74, 6) is -0.707. The Morgan fingerprint density at radius 1 is 1.05 bits per heavy atom. The molecule has 5 rings (SSSR count). The Balaban J connectivity index is 1.55. The molecule has 2 heterocycles. The zero-order valence-corrected chi connectivity index (χ0v) is 26.3. The average molecular weight is 713 g/mol. The van der Waals surface area contributed by atoms with E-state index in [0.717, 1.165) is 44.7 Å². The van der Waals surface area contributed by atoms with Crippen molar-refractivity contribution in [3.05, 3.63) is 116 Å². The number of piperidine rings is 1. The van der Waals surface area contributed by atoms with Gasteiger partial charge in [-0.05, 0) is 101 Å². The van der Waals surface area contributed by atoms with E-state index in [1.165, 1.54) is 12.1 Å². The fourth-order valence-corrected chi connectivity index (χ4v) is 6.10. The van der Waals surface area contributed by atoms with Crippen LogP contribution < -0.4 is 4.74 Å². The Hall–Kier alpha value is -3.70. The van der Waals surface area contributed by atoms with Gasteiger partial charge in [0.2, 0.25) is 0 Å². The minimum absolute atomic E-state index is 0.0252. The second kappa shape index (κ2) is 13.9. The summed E-state index contributed by atoms with van der Waals surface area (Å²) in [7, 11) is 0. The van der Waals surface area contributed by atoms with Crippen LogP contribution in [-0.2, 0) is 24.1 Å². The predicted molar refractivity (Wildman–Crippen MR) is 174 cm³/mol. The molecule has 1 unspecified atom stereocenters. The Labute approximate surface area is 268 Å². The summed E-state index contributed by atoms with van der Waals surface area (Å²) in [6.45, 7) is 2.52. The van der Waals surface area contributed by atoms with E-state index in [0.29, 0.717) is 18.7 Å². The second-order valence-electron chi connectivity index (χ2n) is 10.8. The molecular formula is C35H32F3IN2O3. The van der Waals surface area contributed by atoms with Gasteiger partial charge in [0, 0.05) is 21.9 Å². The summed E-state index contributed by atoms with van der Waals surface area (Å²) in [5.41, 5.74) is 3.86. The van der Waals surface area contributed by atoms with E-state index in [4.69, 9.17) is 4.74 Å². The number of aliphatic carboxylic acids is 1. The number of hydrogen-bond acceptors (Lipinski definition) is 4. The maximum atomic E-state index is 14.5. The van der Waals surface area contributed by atoms with E-state index in [9.17, 15) is 23.1 Å². The van der Waals surface area contributed by atoms with Gasteiger partial charge in [0.05, 0.1) is 11.3 Å². The highest BCUT2D eigenvalue weighted by Gasteiger charge is 2.35. The van der Waals surface area contributed by atoms with E-state index in [2.05, 4.69) is 27.6 Å². The van der Waals surface area contributed by atoms with E-state index in [1.807, 2.05) is 67.6 Å². The third-order valence-corrected chi connectivity index (χ3v) is 8.54. The molecule has 228 valence electrons. The van der Waals surface area contributed by atoms with E-state index in [-0.39, 0.29) is 30.0 Å². The molecule has 1 atom stereocenters. The second-order valence-corrected chi connectivity index (χ2v) is 12.1. The number of ether oxygens (including phenoxy) is 1. The van der Waals surface area contributed by atoms with Crippen LogP contribution in [0.4, 0.5) is 13.2 Å². The summed E-state index contributed by atoms with van der Waals surface area (Å²) < 4.78 is 50.7. The van der Waals surface area contributed by atoms with E-state index >= 15 is 0 Å². The van der Waals surface area contributed by atoms with Crippen LogP contribution >= 0.6 is 22.6 Å². The van der Waals surface area contributed by atoms with Gasteiger partial charge in [-0.3, -0.25) is 14.7 Å². The minimum atomic E-state index is -4.64. The van der Waals surface area contributed by atoms with Crippen molar-refractivity contribution in [2.75, 3.05) is 6.54 Å². The van der Waals surface area contributed by atoms with Gasteiger partial charge in [-0.2, -0.15) is 13.2 Å². The molecule has 3 aromatic carbocycles. The SMILES string of the molecule is Cc1c(C=Cc2cc(OCc3cc(I)ccn3)c(CN3CCCCC3C(=O)O)cc2C(F)(F)F)cccc1-c1ccccc1. The quantitative estimate of drug-likeness (QED) is 0.139. The predicted octanol–water partition coefficient (Wildman–Crippen LogP) is 8.87. The lowest BCUT2D eigenvalue weighted by molar-refractivity contribution is -0.145. The standard InChI is InChI=1S/C35H32F3IN2O3/c1-23-24(10-7-11-30(23)25-8-3-2-4-9-25)13-14-26-19-33(44-22-29-20-28(39)15-16-40-29)27(18-31(26)35(36,37)38)21-41-17-6-5-12-32(41)34(42)43/h2-4,7-11,13-16,18-20,32H,5-6,12,17,21-22H2,1H3,(H,42,43). The van der Waals surface area contributed by atoms with Gasteiger partial charge in [0.15, 0.2) is 0 Å². The lowest BCUT2D eigenvalue weighted by atomic mass is 9.95. The number of carboxylic acids is 1. The van der Waals surface area contributed by atoms with Crippen LogP contribution in [0.2, 0.25) is 0 Å². The third kappa shape index (κ3) is 7.68. The van der Waals surface area contributed by atoms with Gasteiger partial charge in [-0.25, -0.2) is 0 Å². The molecule has 0 spiro atoms. The molecular weight excluding hydrogens is 680 g/mol. The number of carbonyl (C=O) groups is 1. The molecule has 0 aliphatic carbocycles. The van der Waals surface area contributed by atoms with Crippen LogP contribution in [0.15, 0.2) is 79.0 Å². The molecule has 4 aromatic rings. The molecule has 0 radical (unpaired) electrons. The van der Waals surface area contributed by atoms with Crippen molar-refractivity contribution in [3.8, 4) is 16.9 Å². The number of pyridine rings is 1. The van der Waals surface area contributed by atoms with E-state index < -0.39 is 23.8 Å². The lowest BCUT2D eigenvalue weighted by Gasteiger charge is -2.33. The van der Waals surface area contributed by atoms with Crippen molar-refractivity contribution in [3.63, 3.8) is 0 Å². The van der Waals surface area contributed by atoms with Crippen molar-refractivity contribution in [2.24, 2.45) is 0 Å². The first-order chi connectivity index (χ1) is 21.1. The van der Waals surface area contributed by atoms with Crippen LogP contribution in [0.5, 0.6) is 5.75 Å². The number of rotatable bonds is 9. The lowest BCUT2D eigenvalue weighted by Crippen LogP contribution is -2.44. The average Bonchev–Trinajstić information content (AvgIpc) is 3.00. The number of alkyl halides is 3. The first-order valence-electron chi connectivity index (χ1n) is 14.4. The highest BCUT2D eigenvalue weighted by atomic mass is 127. The largest absolute Gasteiger partial charge is 0.487 e. The van der Waals surface area contributed by atoms with Gasteiger partial charge < -0.3 is 9.84 Å². The van der Waals surface area contributed by atoms with Crippen molar-refractivity contribution in [2.45, 2.75) is 51.6 Å². The summed E-state index contributed by atoms with van der Waals surface area (Å²) in [5, 5.41) is 9.78. The van der Waals surface area contributed by atoms with Gasteiger partial charge >= 0.3 is 12.1 Å². The Bertz CT molecular complexity index is 1660. The molecule has 0 bridgehead atoms. The van der Waals surface area contributed by atoms with Crippen molar-refractivity contribution >= 4 is 40.7 Å². The van der Waals surface area contributed by atoms with Crippen LogP contribution in [-0.4, -0.2) is 33.5 Å². The van der Waals surface area contributed by atoms with Crippen LogP contribution in [0.3, 0.4) is 0 Å². The molecule has 9 heteroatoms. The molecule has 44 heavy (non-hydrogen) atoms. The molecule has 1 N–H and O–H groups in total. The molecule has 1 fully saturated rings. The Morgan fingerprint density at radius 2 is 1.82 bits per heavy atom. The first-order valence-corrected chi connectivity index (χ1v) is 15.5. The molecule has 1 saturated heterocycles. The number of nitrogens with zero attached hydrogens (tertiary/aromatic N) is 2. The molecule has 0 amide bonds. The number of hydrogen-bond donors (Lipinski definition) is 1. The Morgan fingerprint density at radius 3 is 2.55 bits per heavy atom. The number of halogens is 4. The summed E-state index contributed by atoms with van der Waals surface area (Å²) in [6.07, 6.45) is 2.17. The minimum Gasteiger partial charge on any atom is -0.487 e. The maximum absolute atomic E-state index is 14.5. The van der Waals surface area contributed by atoms with Crippen molar-refractivity contribution in [1.29, 1.82) is 0 Å². The smallest absolute Gasteiger partial charge is 0.417 e. The van der Waals surface area contributed by atoms with E-state index in [1.54, 1.807) is 17.2 Å². The first kappa shape index (κ1) is 31.7. The molecule has 0 saturated carbocycles. The highest BCUT2D eigenvalue weighted by Crippen LogP contribution is 2.38. The fraction of sp³-hybridized carbons (Fsp3) is 0.257. The molecule has 1 aliphatic rings. The molecule has 1 aromatic heterocycles. The number of aromatic nitrogens is 1. The van der Waals surface area contributed by atoms with Crippen LogP contribution in [0.1, 0.15) is 52.8 Å². The van der Waals surface area contributed by atoms with Gasteiger partial charge in [-0.15, -0.1) is 0 Å². The zero-order valence-electron chi connectivity index (χ0n) is 24.2. The van der Waals surface area contributed by atoms with Gasteiger partial charge in [0.1, 0.15) is 18.4 Å². The number of likely N-dealkylation sites (tertiary alicyclic amines) is 1. The Kier molecular flexibility index (Phi) is 10.1. The zero-order chi connectivity index (χ0) is 31.3. The van der Waals surface area contributed by atoms with Crippen molar-refractivity contribution < 1.29 is 27.8 Å². The van der Waals surface area contributed by atoms with Crippen molar-refractivity contribution in [1.82, 2.24) is 9.88 Å². The number of carboxylic acid groups (broad SMARTS) is 1. The number of benzene rings is 3. The summed E-state index contributed by atoms with van der Waals surface area (Å²) in [6, 6.07) is 21.0. The summed E-state index contributed by atoms with van der Waals surface area (Å²) >= 11 is 2.16. The normalized spacial score (nSPS) is 15.9. The molecule has 5 nitrogen and oxygen atoms in total. The maximum Gasteiger partial charge on any atom is 0.417 e. The summed E-state index contributed by atoms with van der Waals surface area (Å²) in [4.78, 5) is 18.0. The fourth-order valence-electron chi connectivity index (χ4n) is 5.58. The van der Waals surface area contributed by atoms with Crippen LogP contribution in [0.25, 0.3) is 23.3 Å².